The van der Waals surface area contributed by atoms with Gasteiger partial charge in [-0.2, -0.15) is 0 Å². The Labute approximate surface area is 115 Å². The van der Waals surface area contributed by atoms with Crippen LogP contribution in [-0.4, -0.2) is 19.8 Å². The molecule has 1 saturated heterocycles. The van der Waals surface area contributed by atoms with Crippen molar-refractivity contribution < 1.29 is 9.47 Å². The van der Waals surface area contributed by atoms with E-state index < -0.39 is 0 Å². The summed E-state index contributed by atoms with van der Waals surface area (Å²) in [4.78, 5) is 0. The molecule has 0 bridgehead atoms. The summed E-state index contributed by atoms with van der Waals surface area (Å²) in [5.74, 6) is 1.49. The average Bonchev–Trinajstić information content (AvgIpc) is 2.89. The van der Waals surface area contributed by atoms with E-state index in [0.29, 0.717) is 5.92 Å². The van der Waals surface area contributed by atoms with E-state index in [1.807, 2.05) is 6.07 Å². The Hall–Kier alpha value is -1.06. The van der Waals surface area contributed by atoms with Gasteiger partial charge in [0.2, 0.25) is 0 Å². The highest BCUT2D eigenvalue weighted by Crippen LogP contribution is 2.25. The molecular formula is C15H15BrO2. The lowest BCUT2D eigenvalue weighted by Crippen LogP contribution is -2.11. The Morgan fingerprint density at radius 2 is 2.00 bits per heavy atom. The molecule has 1 fully saturated rings. The highest BCUT2D eigenvalue weighted by atomic mass is 79.9. The van der Waals surface area contributed by atoms with Gasteiger partial charge < -0.3 is 9.47 Å². The molecule has 2 nitrogen and oxygen atoms in total. The molecule has 0 aliphatic carbocycles. The minimum Gasteiger partial charge on any atom is -0.493 e. The number of hydrogen-bond acceptors (Lipinski definition) is 2. The van der Waals surface area contributed by atoms with Crippen molar-refractivity contribution in [1.29, 1.82) is 0 Å². The van der Waals surface area contributed by atoms with Crippen molar-refractivity contribution in [2.75, 3.05) is 19.8 Å². The van der Waals surface area contributed by atoms with Crippen molar-refractivity contribution in [2.24, 2.45) is 5.92 Å². The lowest BCUT2D eigenvalue weighted by Gasteiger charge is -2.11. The number of ether oxygens (including phenoxy) is 2. The molecule has 0 radical (unpaired) electrons. The number of hydrogen-bond donors (Lipinski definition) is 0. The molecule has 1 unspecified atom stereocenters. The summed E-state index contributed by atoms with van der Waals surface area (Å²) in [7, 11) is 0. The molecule has 94 valence electrons. The van der Waals surface area contributed by atoms with Crippen LogP contribution in [0.1, 0.15) is 6.42 Å². The van der Waals surface area contributed by atoms with E-state index in [1.165, 1.54) is 10.8 Å². The summed E-state index contributed by atoms with van der Waals surface area (Å²) in [5.41, 5.74) is 0. The van der Waals surface area contributed by atoms with Crippen molar-refractivity contribution in [2.45, 2.75) is 6.42 Å². The average molecular weight is 307 g/mol. The highest BCUT2D eigenvalue weighted by molar-refractivity contribution is 9.10. The number of rotatable bonds is 3. The van der Waals surface area contributed by atoms with Crippen LogP contribution < -0.4 is 4.74 Å². The third kappa shape index (κ3) is 2.68. The van der Waals surface area contributed by atoms with Crippen molar-refractivity contribution in [3.05, 3.63) is 40.9 Å². The second-order valence-electron chi connectivity index (χ2n) is 4.69. The molecule has 1 heterocycles. The maximum Gasteiger partial charge on any atom is 0.119 e. The quantitative estimate of drug-likeness (QED) is 0.853. The Balaban J connectivity index is 1.74. The second kappa shape index (κ2) is 5.29. The largest absolute Gasteiger partial charge is 0.493 e. The van der Waals surface area contributed by atoms with Gasteiger partial charge in [0.25, 0.3) is 0 Å². The zero-order valence-corrected chi connectivity index (χ0v) is 11.7. The van der Waals surface area contributed by atoms with E-state index in [4.69, 9.17) is 9.47 Å². The smallest absolute Gasteiger partial charge is 0.119 e. The van der Waals surface area contributed by atoms with Crippen LogP contribution in [0.3, 0.4) is 0 Å². The molecule has 1 atom stereocenters. The summed E-state index contributed by atoms with van der Waals surface area (Å²) in [6.45, 7) is 2.46. The van der Waals surface area contributed by atoms with Crippen LogP contribution in [-0.2, 0) is 4.74 Å². The van der Waals surface area contributed by atoms with Crippen LogP contribution in [0, 0.1) is 5.92 Å². The Morgan fingerprint density at radius 1 is 1.17 bits per heavy atom. The fourth-order valence-electron chi connectivity index (χ4n) is 2.21. The Kier molecular flexibility index (Phi) is 3.52. The van der Waals surface area contributed by atoms with E-state index in [1.54, 1.807) is 0 Å². The summed E-state index contributed by atoms with van der Waals surface area (Å²) < 4.78 is 12.3. The molecule has 1 aliphatic heterocycles. The van der Waals surface area contributed by atoms with E-state index in [0.717, 1.165) is 36.5 Å². The summed E-state index contributed by atoms with van der Waals surface area (Å²) in [5, 5.41) is 2.43. The van der Waals surface area contributed by atoms with Crippen LogP contribution in [0.15, 0.2) is 40.9 Å². The molecule has 18 heavy (non-hydrogen) atoms. The van der Waals surface area contributed by atoms with Crippen molar-refractivity contribution >= 4 is 26.7 Å². The molecule has 0 amide bonds. The van der Waals surface area contributed by atoms with E-state index in [-0.39, 0.29) is 0 Å². The molecule has 2 aromatic carbocycles. The van der Waals surface area contributed by atoms with Crippen LogP contribution in [0.2, 0.25) is 0 Å². The van der Waals surface area contributed by atoms with Crippen molar-refractivity contribution in [3.8, 4) is 5.75 Å². The summed E-state index contributed by atoms with van der Waals surface area (Å²) in [6.07, 6.45) is 1.11. The third-order valence-electron chi connectivity index (χ3n) is 3.28. The zero-order valence-electron chi connectivity index (χ0n) is 10.1. The van der Waals surface area contributed by atoms with Gasteiger partial charge in [-0.15, -0.1) is 0 Å². The maximum absolute atomic E-state index is 5.84. The predicted octanol–water partition coefficient (Wildman–Crippen LogP) is 4.02. The van der Waals surface area contributed by atoms with E-state index >= 15 is 0 Å². The van der Waals surface area contributed by atoms with Crippen molar-refractivity contribution in [1.82, 2.24) is 0 Å². The topological polar surface area (TPSA) is 18.5 Å². The minimum absolute atomic E-state index is 0.547. The predicted molar refractivity (Wildman–Crippen MR) is 76.1 cm³/mol. The standard InChI is InChI=1S/C15H15BrO2/c16-14-3-1-13-8-15(4-2-12(13)7-14)18-10-11-5-6-17-9-11/h1-4,7-8,11H,5-6,9-10H2. The van der Waals surface area contributed by atoms with Crippen molar-refractivity contribution in [3.63, 3.8) is 0 Å². The molecule has 3 heteroatoms. The van der Waals surface area contributed by atoms with Gasteiger partial charge in [-0.3, -0.25) is 0 Å². The number of benzene rings is 2. The lowest BCUT2D eigenvalue weighted by molar-refractivity contribution is 0.167. The van der Waals surface area contributed by atoms with Gasteiger partial charge in [0.05, 0.1) is 13.2 Å². The zero-order chi connectivity index (χ0) is 12.4. The Morgan fingerprint density at radius 3 is 2.83 bits per heavy atom. The fourth-order valence-corrected chi connectivity index (χ4v) is 2.59. The van der Waals surface area contributed by atoms with Gasteiger partial charge in [-0.1, -0.05) is 28.1 Å². The molecule has 1 aliphatic rings. The summed E-state index contributed by atoms with van der Waals surface area (Å²) in [6, 6.07) is 12.5. The first-order valence-electron chi connectivity index (χ1n) is 6.21. The molecule has 0 spiro atoms. The van der Waals surface area contributed by atoms with Crippen LogP contribution in [0.25, 0.3) is 10.8 Å². The molecule has 0 N–H and O–H groups in total. The SMILES string of the molecule is Brc1ccc2cc(OCC3CCOC3)ccc2c1. The monoisotopic (exact) mass is 306 g/mol. The molecule has 0 saturated carbocycles. The second-order valence-corrected chi connectivity index (χ2v) is 5.61. The van der Waals surface area contributed by atoms with E-state index in [2.05, 4.69) is 46.3 Å². The Bertz CT molecular complexity index is 547. The number of fused-ring (bicyclic) bond motifs is 1. The third-order valence-corrected chi connectivity index (χ3v) is 3.78. The van der Waals surface area contributed by atoms with Gasteiger partial charge in [-0.25, -0.2) is 0 Å². The molecular weight excluding hydrogens is 292 g/mol. The van der Waals surface area contributed by atoms with Gasteiger partial charge in [-0.05, 0) is 41.5 Å². The molecule has 2 aromatic rings. The van der Waals surface area contributed by atoms with Gasteiger partial charge >= 0.3 is 0 Å². The normalized spacial score (nSPS) is 19.3. The first-order chi connectivity index (χ1) is 8.81. The molecule has 3 rings (SSSR count). The fraction of sp³-hybridized carbons (Fsp3) is 0.333. The maximum atomic E-state index is 5.84. The first kappa shape index (κ1) is 12.0. The first-order valence-corrected chi connectivity index (χ1v) is 7.00. The number of halogens is 1. The lowest BCUT2D eigenvalue weighted by atomic mass is 10.1. The van der Waals surface area contributed by atoms with E-state index in [9.17, 15) is 0 Å². The van der Waals surface area contributed by atoms with Gasteiger partial charge in [0.1, 0.15) is 5.75 Å². The van der Waals surface area contributed by atoms with Gasteiger partial charge in [0.15, 0.2) is 0 Å². The van der Waals surface area contributed by atoms with Crippen LogP contribution in [0.5, 0.6) is 5.75 Å². The van der Waals surface area contributed by atoms with Crippen LogP contribution in [0.4, 0.5) is 0 Å². The minimum atomic E-state index is 0.547. The highest BCUT2D eigenvalue weighted by Gasteiger charge is 2.16. The molecule has 0 aromatic heterocycles. The van der Waals surface area contributed by atoms with Gasteiger partial charge in [0, 0.05) is 17.0 Å². The summed E-state index contributed by atoms with van der Waals surface area (Å²) >= 11 is 3.48. The van der Waals surface area contributed by atoms with Crippen LogP contribution >= 0.6 is 15.9 Å².